The van der Waals surface area contributed by atoms with Crippen molar-refractivity contribution in [1.82, 2.24) is 10.2 Å². The van der Waals surface area contributed by atoms with Crippen molar-refractivity contribution in [2.24, 2.45) is 5.41 Å². The van der Waals surface area contributed by atoms with E-state index in [1.54, 1.807) is 22.7 Å². The molecular formula is C24H36N2O6S. The molecule has 1 aromatic rings. The fourth-order valence-electron chi connectivity index (χ4n) is 3.38. The number of aliphatic hydroxyl groups excluding tert-OH is 3. The average Bonchev–Trinajstić information content (AvgIpc) is 2.93. The van der Waals surface area contributed by atoms with E-state index in [1.165, 1.54) is 13.2 Å². The van der Waals surface area contributed by atoms with Gasteiger partial charge in [0, 0.05) is 31.7 Å². The van der Waals surface area contributed by atoms with Crippen LogP contribution in [0.25, 0.3) is 0 Å². The van der Waals surface area contributed by atoms with Gasteiger partial charge in [0.1, 0.15) is 24.4 Å². The maximum absolute atomic E-state index is 13.1. The zero-order valence-corrected chi connectivity index (χ0v) is 20.5. The van der Waals surface area contributed by atoms with E-state index in [-0.39, 0.29) is 11.3 Å². The van der Waals surface area contributed by atoms with Gasteiger partial charge in [-0.3, -0.25) is 9.59 Å². The predicted molar refractivity (Wildman–Crippen MR) is 129 cm³/mol. The van der Waals surface area contributed by atoms with Crippen LogP contribution >= 0.6 is 11.8 Å². The van der Waals surface area contributed by atoms with Crippen LogP contribution in [0.1, 0.15) is 26.3 Å². The van der Waals surface area contributed by atoms with Crippen LogP contribution in [-0.2, 0) is 20.9 Å². The summed E-state index contributed by atoms with van der Waals surface area (Å²) in [6.45, 7) is 6.77. The van der Waals surface area contributed by atoms with Crippen molar-refractivity contribution in [2.75, 3.05) is 25.2 Å². The summed E-state index contributed by atoms with van der Waals surface area (Å²) < 4.78 is 5.13. The molecule has 0 saturated carbocycles. The van der Waals surface area contributed by atoms with E-state index in [9.17, 15) is 24.9 Å². The highest BCUT2D eigenvalue weighted by molar-refractivity contribution is 7.99. The van der Waals surface area contributed by atoms with Gasteiger partial charge in [0.05, 0.1) is 0 Å². The molecule has 1 unspecified atom stereocenters. The summed E-state index contributed by atoms with van der Waals surface area (Å²) in [7, 11) is 1.23. The fourth-order valence-corrected chi connectivity index (χ4v) is 4.36. The Hall–Kier alpha value is -1.91. The molecule has 1 aromatic carbocycles. The van der Waals surface area contributed by atoms with Crippen LogP contribution in [0.5, 0.6) is 0 Å². The quantitative estimate of drug-likeness (QED) is 0.389. The van der Waals surface area contributed by atoms with Crippen molar-refractivity contribution in [3.05, 3.63) is 48.0 Å². The number of carbonyl (C=O) groups excluding carboxylic acids is 2. The molecule has 0 spiro atoms. The fraction of sp³-hybridized carbons (Fsp3) is 0.583. The number of methoxy groups -OCH3 is 1. The van der Waals surface area contributed by atoms with Gasteiger partial charge in [-0.05, 0) is 11.0 Å². The van der Waals surface area contributed by atoms with Gasteiger partial charge in [-0.25, -0.2) is 0 Å². The summed E-state index contributed by atoms with van der Waals surface area (Å²) in [5, 5.41) is 33.7. The maximum atomic E-state index is 13.1. The molecule has 33 heavy (non-hydrogen) atoms. The van der Waals surface area contributed by atoms with Crippen molar-refractivity contribution in [1.29, 1.82) is 0 Å². The zero-order valence-electron chi connectivity index (χ0n) is 19.7. The van der Waals surface area contributed by atoms with Gasteiger partial charge < -0.3 is 30.3 Å². The molecule has 8 nitrogen and oxygen atoms in total. The minimum absolute atomic E-state index is 0.213. The van der Waals surface area contributed by atoms with Gasteiger partial charge in [0.25, 0.3) is 5.91 Å². The molecule has 0 aliphatic carbocycles. The Morgan fingerprint density at radius 2 is 1.91 bits per heavy atom. The van der Waals surface area contributed by atoms with Gasteiger partial charge in [-0.2, -0.15) is 11.8 Å². The zero-order chi connectivity index (χ0) is 24.6. The number of allylic oxidation sites excluding steroid dienone is 1. The topological polar surface area (TPSA) is 119 Å². The molecule has 2 rings (SSSR count). The first kappa shape index (κ1) is 27.3. The number of amides is 2. The van der Waals surface area contributed by atoms with E-state index in [1.807, 2.05) is 51.1 Å². The number of thioether (sulfide) groups is 1. The van der Waals surface area contributed by atoms with E-state index in [2.05, 4.69) is 5.32 Å². The third-order valence-electron chi connectivity index (χ3n) is 5.25. The van der Waals surface area contributed by atoms with Gasteiger partial charge in [-0.1, -0.05) is 63.3 Å². The molecule has 0 radical (unpaired) electrons. The first-order chi connectivity index (χ1) is 15.5. The smallest absolute Gasteiger partial charge is 0.252 e. The normalized spacial score (nSPS) is 21.4. The molecule has 5 atom stereocenters. The average molecular weight is 481 g/mol. The molecule has 1 fully saturated rings. The maximum Gasteiger partial charge on any atom is 0.252 e. The number of hydrogen-bond donors (Lipinski definition) is 4. The summed E-state index contributed by atoms with van der Waals surface area (Å²) in [5.74, 6) is 0.195. The minimum Gasteiger partial charge on any atom is -0.387 e. The first-order valence-corrected chi connectivity index (χ1v) is 12.2. The Kier molecular flexibility index (Phi) is 10.4. The predicted octanol–water partition coefficient (Wildman–Crippen LogP) is 0.947. The lowest BCUT2D eigenvalue weighted by atomic mass is 9.94. The lowest BCUT2D eigenvalue weighted by Gasteiger charge is -2.29. The Balaban J connectivity index is 2.05. The lowest BCUT2D eigenvalue weighted by molar-refractivity contribution is -0.151. The van der Waals surface area contributed by atoms with Gasteiger partial charge in [0.15, 0.2) is 6.10 Å². The molecule has 1 heterocycles. The van der Waals surface area contributed by atoms with Crippen LogP contribution in [0.2, 0.25) is 0 Å². The molecule has 0 bridgehead atoms. The SMILES string of the molecule is CO[C@@H](C(=O)NC1CSCCN(Cc2ccccc2)C1=O)[C@H](O)[C@@H](O)[C@H](O)C=CC(C)(C)C. The number of benzene rings is 1. The van der Waals surface area contributed by atoms with Crippen LogP contribution < -0.4 is 5.32 Å². The van der Waals surface area contributed by atoms with Crippen molar-refractivity contribution in [3.8, 4) is 0 Å². The number of hydrogen-bond acceptors (Lipinski definition) is 7. The second-order valence-corrected chi connectivity index (χ2v) is 10.4. The van der Waals surface area contributed by atoms with Crippen molar-refractivity contribution >= 4 is 23.6 Å². The third kappa shape index (κ3) is 8.42. The number of ether oxygens (including phenoxy) is 1. The lowest BCUT2D eigenvalue weighted by Crippen LogP contribution is -2.56. The Morgan fingerprint density at radius 1 is 1.24 bits per heavy atom. The largest absolute Gasteiger partial charge is 0.387 e. The summed E-state index contributed by atoms with van der Waals surface area (Å²) >= 11 is 1.55. The molecule has 184 valence electrons. The molecule has 0 aromatic heterocycles. The Bertz CT molecular complexity index is 798. The first-order valence-electron chi connectivity index (χ1n) is 11.0. The summed E-state index contributed by atoms with van der Waals surface area (Å²) in [6.07, 6.45) is -3.09. The van der Waals surface area contributed by atoms with Gasteiger partial charge >= 0.3 is 0 Å². The minimum atomic E-state index is -1.69. The molecule has 9 heteroatoms. The number of nitrogens with one attached hydrogen (secondary N) is 1. The van der Waals surface area contributed by atoms with Crippen LogP contribution in [0.15, 0.2) is 42.5 Å². The number of carbonyl (C=O) groups is 2. The summed E-state index contributed by atoms with van der Waals surface area (Å²) in [6, 6.07) is 8.82. The molecule has 1 saturated heterocycles. The molecular weight excluding hydrogens is 444 g/mol. The van der Waals surface area contributed by atoms with E-state index in [0.29, 0.717) is 18.8 Å². The Morgan fingerprint density at radius 3 is 2.52 bits per heavy atom. The summed E-state index contributed by atoms with van der Waals surface area (Å²) in [4.78, 5) is 27.7. The van der Waals surface area contributed by atoms with Crippen molar-refractivity contribution in [2.45, 2.75) is 57.8 Å². The Labute approximate surface area is 200 Å². The van der Waals surface area contributed by atoms with E-state index < -0.39 is 36.4 Å². The van der Waals surface area contributed by atoms with Crippen LogP contribution in [0.3, 0.4) is 0 Å². The van der Waals surface area contributed by atoms with Gasteiger partial charge in [0.2, 0.25) is 5.91 Å². The van der Waals surface area contributed by atoms with Crippen LogP contribution in [0.4, 0.5) is 0 Å². The highest BCUT2D eigenvalue weighted by atomic mass is 32.2. The van der Waals surface area contributed by atoms with E-state index in [4.69, 9.17) is 4.74 Å². The monoisotopic (exact) mass is 480 g/mol. The molecule has 1 aliphatic rings. The highest BCUT2D eigenvalue weighted by Gasteiger charge is 2.38. The highest BCUT2D eigenvalue weighted by Crippen LogP contribution is 2.18. The second-order valence-electron chi connectivity index (χ2n) is 9.23. The van der Waals surface area contributed by atoms with E-state index >= 15 is 0 Å². The molecule has 2 amide bonds. The van der Waals surface area contributed by atoms with Crippen molar-refractivity contribution < 1.29 is 29.6 Å². The van der Waals surface area contributed by atoms with Crippen molar-refractivity contribution in [3.63, 3.8) is 0 Å². The number of aliphatic hydroxyl groups is 3. The molecule has 1 aliphatic heterocycles. The van der Waals surface area contributed by atoms with E-state index in [0.717, 1.165) is 11.3 Å². The summed E-state index contributed by atoms with van der Waals surface area (Å²) in [5.41, 5.74) is 0.765. The third-order valence-corrected chi connectivity index (χ3v) is 6.29. The van der Waals surface area contributed by atoms with Gasteiger partial charge in [-0.15, -0.1) is 0 Å². The second kappa shape index (κ2) is 12.5. The standard InChI is InChI=1S/C24H36N2O6S/c1-24(2,3)11-10-18(27)19(28)20(29)21(32-4)22(30)25-17-15-33-13-12-26(23(17)31)14-16-8-6-5-7-9-16/h5-11,17-21,27-29H,12-15H2,1-4H3,(H,25,30)/t17?,18-,19+,20-,21-/m1/s1. The molecule has 4 N–H and O–H groups in total. The number of nitrogens with zero attached hydrogens (tertiary/aromatic N) is 1. The number of rotatable bonds is 9. The van der Waals surface area contributed by atoms with Crippen LogP contribution in [-0.4, -0.2) is 87.7 Å². The van der Waals surface area contributed by atoms with Crippen LogP contribution in [0, 0.1) is 5.41 Å².